The van der Waals surface area contributed by atoms with Crippen LogP contribution >= 0.6 is 0 Å². The summed E-state index contributed by atoms with van der Waals surface area (Å²) < 4.78 is 16.8. The minimum Gasteiger partial charge on any atom is -0.326 e. The fourth-order valence-corrected chi connectivity index (χ4v) is 3.45. The second-order valence-electron chi connectivity index (χ2n) is 7.29. The molecule has 0 aliphatic heterocycles. The lowest BCUT2D eigenvalue weighted by Crippen LogP contribution is -2.15. The SMILES string of the molecule is Cc1cccc(-n2nc(CC(=O)Nc3cccc(F)c3)cc2-c2ccc3ncnn3c2)n1. The van der Waals surface area contributed by atoms with Gasteiger partial charge in [0.25, 0.3) is 0 Å². The summed E-state index contributed by atoms with van der Waals surface area (Å²) >= 11 is 0. The van der Waals surface area contributed by atoms with Crippen LogP contribution in [0.4, 0.5) is 10.1 Å². The second-order valence-corrected chi connectivity index (χ2v) is 7.29. The molecule has 1 N–H and O–H groups in total. The van der Waals surface area contributed by atoms with Gasteiger partial charge >= 0.3 is 0 Å². The van der Waals surface area contributed by atoms with Crippen molar-refractivity contribution in [2.75, 3.05) is 5.32 Å². The highest BCUT2D eigenvalue weighted by molar-refractivity contribution is 5.92. The largest absolute Gasteiger partial charge is 0.326 e. The van der Waals surface area contributed by atoms with Gasteiger partial charge in [-0.2, -0.15) is 10.2 Å². The Hall–Kier alpha value is -4.40. The minimum absolute atomic E-state index is 0.0217. The highest BCUT2D eigenvalue weighted by atomic mass is 19.1. The molecular formula is C23H18FN7O. The Morgan fingerprint density at radius 1 is 1.09 bits per heavy atom. The predicted octanol–water partition coefficient (Wildman–Crippen LogP) is 3.61. The summed E-state index contributed by atoms with van der Waals surface area (Å²) in [6.07, 6.45) is 3.36. The lowest BCUT2D eigenvalue weighted by Gasteiger charge is -2.07. The first-order chi connectivity index (χ1) is 15.5. The number of amides is 1. The maximum Gasteiger partial charge on any atom is 0.230 e. The number of halogens is 1. The molecule has 5 aromatic rings. The molecule has 0 bridgehead atoms. The number of aromatic nitrogens is 6. The molecular weight excluding hydrogens is 409 g/mol. The third kappa shape index (κ3) is 3.95. The van der Waals surface area contributed by atoms with Crippen molar-refractivity contribution in [1.29, 1.82) is 0 Å². The fourth-order valence-electron chi connectivity index (χ4n) is 3.45. The summed E-state index contributed by atoms with van der Waals surface area (Å²) in [5, 5.41) is 11.5. The number of benzene rings is 1. The highest BCUT2D eigenvalue weighted by Gasteiger charge is 2.16. The van der Waals surface area contributed by atoms with Crippen LogP contribution in [0.25, 0.3) is 22.7 Å². The van der Waals surface area contributed by atoms with E-state index in [1.807, 2.05) is 49.5 Å². The molecule has 0 saturated heterocycles. The summed E-state index contributed by atoms with van der Waals surface area (Å²) in [7, 11) is 0. The summed E-state index contributed by atoms with van der Waals surface area (Å²) in [5.74, 6) is -0.0744. The Labute approximate surface area is 182 Å². The van der Waals surface area contributed by atoms with Crippen molar-refractivity contribution in [2.45, 2.75) is 13.3 Å². The van der Waals surface area contributed by atoms with E-state index in [-0.39, 0.29) is 12.3 Å². The van der Waals surface area contributed by atoms with Crippen LogP contribution in [-0.4, -0.2) is 35.3 Å². The number of aryl methyl sites for hydroxylation is 1. The average Bonchev–Trinajstić information content (AvgIpc) is 3.40. The van der Waals surface area contributed by atoms with E-state index in [0.717, 1.165) is 22.6 Å². The molecule has 8 nitrogen and oxygen atoms in total. The van der Waals surface area contributed by atoms with Crippen LogP contribution in [0.5, 0.6) is 0 Å². The molecule has 4 aromatic heterocycles. The van der Waals surface area contributed by atoms with Crippen LogP contribution in [-0.2, 0) is 11.2 Å². The molecule has 0 spiro atoms. The molecule has 158 valence electrons. The van der Waals surface area contributed by atoms with E-state index in [0.29, 0.717) is 17.2 Å². The zero-order valence-corrected chi connectivity index (χ0v) is 17.1. The van der Waals surface area contributed by atoms with Crippen molar-refractivity contribution < 1.29 is 9.18 Å². The number of anilines is 1. The van der Waals surface area contributed by atoms with Gasteiger partial charge < -0.3 is 5.32 Å². The van der Waals surface area contributed by atoms with Crippen LogP contribution < -0.4 is 5.32 Å². The van der Waals surface area contributed by atoms with Crippen molar-refractivity contribution in [2.24, 2.45) is 0 Å². The van der Waals surface area contributed by atoms with E-state index < -0.39 is 5.82 Å². The smallest absolute Gasteiger partial charge is 0.230 e. The highest BCUT2D eigenvalue weighted by Crippen LogP contribution is 2.24. The van der Waals surface area contributed by atoms with E-state index in [2.05, 4.69) is 25.5 Å². The van der Waals surface area contributed by atoms with Crippen LogP contribution in [0.3, 0.4) is 0 Å². The van der Waals surface area contributed by atoms with Gasteiger partial charge in [-0.1, -0.05) is 12.1 Å². The number of nitrogens with one attached hydrogen (secondary N) is 1. The van der Waals surface area contributed by atoms with E-state index in [4.69, 9.17) is 0 Å². The van der Waals surface area contributed by atoms with Crippen LogP contribution in [0.15, 0.2) is 73.2 Å². The zero-order chi connectivity index (χ0) is 22.1. The summed E-state index contributed by atoms with van der Waals surface area (Å²) in [6.45, 7) is 1.90. The molecule has 5 rings (SSSR count). The zero-order valence-electron chi connectivity index (χ0n) is 17.1. The van der Waals surface area contributed by atoms with E-state index >= 15 is 0 Å². The Bertz CT molecular complexity index is 1440. The first-order valence-electron chi connectivity index (χ1n) is 9.93. The van der Waals surface area contributed by atoms with Gasteiger partial charge in [0.15, 0.2) is 11.5 Å². The van der Waals surface area contributed by atoms with Crippen molar-refractivity contribution in [1.82, 2.24) is 29.4 Å². The standard InChI is InChI=1S/C23H18FN7O/c1-15-4-2-7-22(27-15)31-20(16-8-9-21-25-14-26-30(21)13-16)11-19(29-31)12-23(32)28-18-6-3-5-17(24)10-18/h2-11,13-14H,12H2,1H3,(H,28,32). The van der Waals surface area contributed by atoms with Crippen molar-refractivity contribution >= 4 is 17.2 Å². The first kappa shape index (κ1) is 19.6. The maximum absolute atomic E-state index is 13.4. The predicted molar refractivity (Wildman–Crippen MR) is 117 cm³/mol. The normalized spacial score (nSPS) is 11.1. The number of carbonyl (C=O) groups excluding carboxylic acids is 1. The molecule has 1 amide bonds. The lowest BCUT2D eigenvalue weighted by molar-refractivity contribution is -0.115. The molecule has 0 fully saturated rings. The van der Waals surface area contributed by atoms with Gasteiger partial charge in [0.2, 0.25) is 5.91 Å². The van der Waals surface area contributed by atoms with Crippen LogP contribution in [0.1, 0.15) is 11.4 Å². The quantitative estimate of drug-likeness (QED) is 0.463. The van der Waals surface area contributed by atoms with Crippen molar-refractivity contribution in [3.63, 3.8) is 0 Å². The lowest BCUT2D eigenvalue weighted by atomic mass is 10.1. The van der Waals surface area contributed by atoms with Gasteiger partial charge in [-0.05, 0) is 55.5 Å². The molecule has 9 heteroatoms. The van der Waals surface area contributed by atoms with E-state index in [1.54, 1.807) is 21.3 Å². The minimum atomic E-state index is -0.414. The van der Waals surface area contributed by atoms with E-state index in [1.165, 1.54) is 18.5 Å². The number of rotatable bonds is 5. The van der Waals surface area contributed by atoms with Gasteiger partial charge in [-0.15, -0.1) is 0 Å². The summed E-state index contributed by atoms with van der Waals surface area (Å²) in [6, 6.07) is 17.1. The number of hydrogen-bond donors (Lipinski definition) is 1. The summed E-state index contributed by atoms with van der Waals surface area (Å²) in [5.41, 5.74) is 4.12. The monoisotopic (exact) mass is 427 g/mol. The van der Waals surface area contributed by atoms with Gasteiger partial charge in [0, 0.05) is 23.1 Å². The van der Waals surface area contributed by atoms with Crippen LogP contribution in [0.2, 0.25) is 0 Å². The number of pyridine rings is 2. The summed E-state index contributed by atoms with van der Waals surface area (Å²) in [4.78, 5) is 21.3. The molecule has 0 unspecified atom stereocenters. The Kier molecular flexibility index (Phi) is 4.91. The third-order valence-electron chi connectivity index (χ3n) is 4.87. The molecule has 0 aliphatic carbocycles. The Balaban J connectivity index is 1.51. The van der Waals surface area contributed by atoms with Gasteiger partial charge in [-0.3, -0.25) is 4.79 Å². The average molecular weight is 427 g/mol. The number of nitrogens with zero attached hydrogens (tertiary/aromatic N) is 6. The van der Waals surface area contributed by atoms with Crippen LogP contribution in [0, 0.1) is 12.7 Å². The number of fused-ring (bicyclic) bond motifs is 1. The van der Waals surface area contributed by atoms with Crippen molar-refractivity contribution in [3.05, 3.63) is 90.4 Å². The molecule has 0 saturated carbocycles. The Morgan fingerprint density at radius 2 is 1.97 bits per heavy atom. The molecule has 1 aromatic carbocycles. The van der Waals surface area contributed by atoms with Gasteiger partial charge in [0.1, 0.15) is 12.1 Å². The van der Waals surface area contributed by atoms with Crippen molar-refractivity contribution in [3.8, 4) is 17.1 Å². The molecule has 4 heterocycles. The third-order valence-corrected chi connectivity index (χ3v) is 4.87. The number of hydrogen-bond acceptors (Lipinski definition) is 5. The molecule has 0 aliphatic rings. The molecule has 32 heavy (non-hydrogen) atoms. The molecule has 0 radical (unpaired) electrons. The van der Waals surface area contributed by atoms with Gasteiger partial charge in [-0.25, -0.2) is 23.6 Å². The fraction of sp³-hybridized carbons (Fsp3) is 0.0870. The topological polar surface area (TPSA) is 90.0 Å². The van der Waals surface area contributed by atoms with E-state index in [9.17, 15) is 9.18 Å². The Morgan fingerprint density at radius 3 is 2.81 bits per heavy atom. The van der Waals surface area contributed by atoms with Gasteiger partial charge in [0.05, 0.1) is 17.8 Å². The number of carbonyl (C=O) groups is 1. The molecule has 0 atom stereocenters. The maximum atomic E-state index is 13.4. The second kappa shape index (κ2) is 8.03. The first-order valence-corrected chi connectivity index (χ1v) is 9.93.